The van der Waals surface area contributed by atoms with Crippen LogP contribution in [0.5, 0.6) is 0 Å². The highest BCUT2D eigenvalue weighted by molar-refractivity contribution is 7.89. The van der Waals surface area contributed by atoms with Gasteiger partial charge in [-0.15, -0.1) is 0 Å². The van der Waals surface area contributed by atoms with E-state index in [2.05, 4.69) is 5.32 Å². The van der Waals surface area contributed by atoms with Crippen LogP contribution in [0.15, 0.2) is 53.7 Å². The molecule has 3 atom stereocenters. The summed E-state index contributed by atoms with van der Waals surface area (Å²) in [5, 5.41) is 14.1. The van der Waals surface area contributed by atoms with E-state index in [4.69, 9.17) is 0 Å². The summed E-state index contributed by atoms with van der Waals surface area (Å²) in [5.74, 6) is -1.95. The Kier molecular flexibility index (Phi) is 7.72. The number of amides is 2. The van der Waals surface area contributed by atoms with Crippen molar-refractivity contribution < 1.29 is 40.7 Å². The first-order chi connectivity index (χ1) is 18.2. The Morgan fingerprint density at radius 1 is 1.15 bits per heavy atom. The van der Waals surface area contributed by atoms with Gasteiger partial charge in [-0.1, -0.05) is 13.8 Å². The lowest BCUT2D eigenvalue weighted by Crippen LogP contribution is -2.53. The van der Waals surface area contributed by atoms with Gasteiger partial charge in [0, 0.05) is 24.2 Å². The SMILES string of the molecule is CC(C)CC(NC(=O)c1ccc(C(F)(F)F)cc1)C(=O)N1CCC2C1C(=O)CN2S(=O)(=O)c1cccc[n+]1[O-]. The fourth-order valence-corrected chi connectivity index (χ4v) is 6.67. The third-order valence-electron chi connectivity index (χ3n) is 6.81. The molecule has 210 valence electrons. The molecular formula is C25H27F3N4O6S. The zero-order valence-corrected chi connectivity index (χ0v) is 21.9. The smallest absolute Gasteiger partial charge is 0.416 e. The molecule has 2 saturated heterocycles. The van der Waals surface area contributed by atoms with Crippen molar-refractivity contribution in [2.24, 2.45) is 5.92 Å². The number of carbonyl (C=O) groups is 3. The molecule has 10 nitrogen and oxygen atoms in total. The molecule has 2 fully saturated rings. The predicted octanol–water partition coefficient (Wildman–Crippen LogP) is 1.73. The Bertz CT molecular complexity index is 1380. The van der Waals surface area contributed by atoms with Crippen molar-refractivity contribution in [3.8, 4) is 0 Å². The van der Waals surface area contributed by atoms with E-state index in [1.165, 1.54) is 17.0 Å². The molecule has 0 spiro atoms. The normalized spacial score (nSPS) is 20.8. The molecule has 2 aliphatic heterocycles. The van der Waals surface area contributed by atoms with Crippen molar-refractivity contribution in [1.29, 1.82) is 0 Å². The molecule has 1 N–H and O–H groups in total. The Hall–Kier alpha value is -3.52. The van der Waals surface area contributed by atoms with Crippen LogP contribution < -0.4 is 10.0 Å². The summed E-state index contributed by atoms with van der Waals surface area (Å²) in [6.45, 7) is 3.15. The van der Waals surface area contributed by atoms with Crippen LogP contribution >= 0.6 is 0 Å². The second-order valence-corrected chi connectivity index (χ2v) is 11.8. The highest BCUT2D eigenvalue weighted by Gasteiger charge is 2.55. The first kappa shape index (κ1) is 28.5. The molecule has 2 amide bonds. The minimum absolute atomic E-state index is 0.0445. The first-order valence-corrected chi connectivity index (χ1v) is 13.7. The number of hydrogen-bond donors (Lipinski definition) is 1. The fourth-order valence-electron chi connectivity index (χ4n) is 5.02. The molecule has 0 saturated carbocycles. The number of ketones is 1. The van der Waals surface area contributed by atoms with Gasteiger partial charge in [0.2, 0.25) is 5.91 Å². The Balaban J connectivity index is 1.54. The van der Waals surface area contributed by atoms with Crippen molar-refractivity contribution in [2.45, 2.75) is 56.0 Å². The maximum Gasteiger partial charge on any atom is 0.416 e. The number of likely N-dealkylation sites (tertiary alicyclic amines) is 1. The number of carbonyl (C=O) groups excluding carboxylic acids is 3. The number of Topliss-reactive ketones (excluding diaryl/α,β-unsaturated/α-hetero) is 1. The highest BCUT2D eigenvalue weighted by Crippen LogP contribution is 2.34. The third kappa shape index (κ3) is 5.62. The third-order valence-corrected chi connectivity index (χ3v) is 8.67. The van der Waals surface area contributed by atoms with E-state index in [-0.39, 0.29) is 35.6 Å². The minimum Gasteiger partial charge on any atom is -0.618 e. The van der Waals surface area contributed by atoms with Crippen molar-refractivity contribution in [2.75, 3.05) is 13.1 Å². The molecule has 1 aromatic carbocycles. The van der Waals surface area contributed by atoms with Crippen molar-refractivity contribution in [3.63, 3.8) is 0 Å². The van der Waals surface area contributed by atoms with Crippen LogP contribution in [0.25, 0.3) is 0 Å². The van der Waals surface area contributed by atoms with Gasteiger partial charge in [-0.25, -0.2) is 8.42 Å². The summed E-state index contributed by atoms with van der Waals surface area (Å²) in [6, 6.07) is 4.37. The van der Waals surface area contributed by atoms with Crippen LogP contribution in [0, 0.1) is 11.1 Å². The van der Waals surface area contributed by atoms with E-state index < -0.39 is 69.1 Å². The van der Waals surface area contributed by atoms with Gasteiger partial charge in [0.1, 0.15) is 12.1 Å². The maximum atomic E-state index is 13.6. The second-order valence-electron chi connectivity index (χ2n) is 9.94. The van der Waals surface area contributed by atoms with Crippen LogP contribution in [0.4, 0.5) is 13.2 Å². The largest absolute Gasteiger partial charge is 0.618 e. The average Bonchev–Trinajstić information content (AvgIpc) is 3.44. The molecule has 3 unspecified atom stereocenters. The molecule has 39 heavy (non-hydrogen) atoms. The number of nitrogens with one attached hydrogen (secondary N) is 1. The Labute approximate surface area is 223 Å². The molecular weight excluding hydrogens is 541 g/mol. The van der Waals surface area contributed by atoms with Gasteiger partial charge in [-0.2, -0.15) is 22.2 Å². The number of rotatable bonds is 7. The van der Waals surface area contributed by atoms with Crippen LogP contribution in [0.1, 0.15) is 42.6 Å². The quantitative estimate of drug-likeness (QED) is 0.400. The maximum absolute atomic E-state index is 13.6. The number of pyridine rings is 1. The van der Waals surface area contributed by atoms with E-state index in [1.54, 1.807) is 0 Å². The summed E-state index contributed by atoms with van der Waals surface area (Å²) in [6.07, 6.45) is -3.21. The molecule has 2 aliphatic rings. The Morgan fingerprint density at radius 2 is 1.82 bits per heavy atom. The zero-order chi connectivity index (χ0) is 28.7. The summed E-state index contributed by atoms with van der Waals surface area (Å²) >= 11 is 0. The minimum atomic E-state index is -4.57. The molecule has 3 heterocycles. The van der Waals surface area contributed by atoms with Crippen molar-refractivity contribution >= 4 is 27.6 Å². The van der Waals surface area contributed by atoms with Gasteiger partial charge in [0.25, 0.3) is 5.91 Å². The van der Waals surface area contributed by atoms with E-state index >= 15 is 0 Å². The van der Waals surface area contributed by atoms with Gasteiger partial charge in [0.15, 0.2) is 12.0 Å². The molecule has 2 aromatic rings. The van der Waals surface area contributed by atoms with Gasteiger partial charge in [-0.05, 0) is 49.1 Å². The zero-order valence-electron chi connectivity index (χ0n) is 21.1. The molecule has 0 radical (unpaired) electrons. The monoisotopic (exact) mass is 568 g/mol. The van der Waals surface area contributed by atoms with Crippen LogP contribution in [0.2, 0.25) is 0 Å². The number of nitrogens with zero attached hydrogens (tertiary/aromatic N) is 3. The topological polar surface area (TPSA) is 131 Å². The molecule has 4 rings (SSSR count). The van der Waals surface area contributed by atoms with Crippen LogP contribution in [-0.2, 0) is 25.8 Å². The lowest BCUT2D eigenvalue weighted by atomic mass is 10.0. The second kappa shape index (κ2) is 10.6. The van der Waals surface area contributed by atoms with E-state index in [0.717, 1.165) is 40.8 Å². The van der Waals surface area contributed by atoms with Gasteiger partial charge >= 0.3 is 21.2 Å². The van der Waals surface area contributed by atoms with Gasteiger partial charge in [0.05, 0.1) is 18.2 Å². The van der Waals surface area contributed by atoms with E-state index in [9.17, 15) is 41.2 Å². The number of fused-ring (bicyclic) bond motifs is 1. The Morgan fingerprint density at radius 3 is 2.41 bits per heavy atom. The number of hydrogen-bond acceptors (Lipinski definition) is 6. The molecule has 1 aromatic heterocycles. The standard InChI is InChI=1S/C25H27F3N4O6S/c1-15(2)13-18(29-23(34)16-6-8-17(9-7-16)25(26,27)28)24(35)30-12-10-19-22(30)20(33)14-32(19)39(37,38)21-5-3-4-11-31(21)36/h3-9,11,15,18-19,22H,10,12-14H2,1-2H3,(H,29,34). The number of alkyl halides is 3. The summed E-state index contributed by atoms with van der Waals surface area (Å²) in [7, 11) is -4.34. The summed E-state index contributed by atoms with van der Waals surface area (Å²) < 4.78 is 66.2. The number of halogens is 3. The summed E-state index contributed by atoms with van der Waals surface area (Å²) in [5.41, 5.74) is -0.999. The summed E-state index contributed by atoms with van der Waals surface area (Å²) in [4.78, 5) is 40.7. The number of benzene rings is 1. The first-order valence-electron chi connectivity index (χ1n) is 12.2. The molecule has 0 aliphatic carbocycles. The molecule has 0 bridgehead atoms. The number of sulfonamides is 1. The van der Waals surface area contributed by atoms with E-state index in [0.29, 0.717) is 0 Å². The van der Waals surface area contributed by atoms with E-state index in [1.807, 2.05) is 13.8 Å². The van der Waals surface area contributed by atoms with Gasteiger partial charge < -0.3 is 15.4 Å². The van der Waals surface area contributed by atoms with Gasteiger partial charge in [-0.3, -0.25) is 14.4 Å². The lowest BCUT2D eigenvalue weighted by Gasteiger charge is -2.29. The van der Waals surface area contributed by atoms with Crippen molar-refractivity contribution in [1.82, 2.24) is 14.5 Å². The lowest BCUT2D eigenvalue weighted by molar-refractivity contribution is -0.646. The van der Waals surface area contributed by atoms with Crippen LogP contribution in [-0.4, -0.2) is 66.4 Å². The highest BCUT2D eigenvalue weighted by atomic mass is 32.2. The fraction of sp³-hybridized carbons (Fsp3) is 0.440. The van der Waals surface area contributed by atoms with Crippen molar-refractivity contribution in [3.05, 3.63) is 65.0 Å². The average molecular weight is 569 g/mol. The number of aromatic nitrogens is 1. The molecule has 14 heteroatoms. The predicted molar refractivity (Wildman–Crippen MR) is 130 cm³/mol. The van der Waals surface area contributed by atoms with Crippen LogP contribution in [0.3, 0.4) is 0 Å².